The Morgan fingerprint density at radius 1 is 0.325 bits per heavy atom. The van der Waals surface area contributed by atoms with Crippen LogP contribution in [0.15, 0.2) is 200 Å². The molecule has 0 atom stereocenters. The average molecular weight is 1080 g/mol. The number of rotatable bonds is 8. The van der Waals surface area contributed by atoms with E-state index in [0.717, 1.165) is 99.5 Å². The van der Waals surface area contributed by atoms with Crippen molar-refractivity contribution in [1.82, 2.24) is 9.13 Å². The third-order valence-corrected chi connectivity index (χ3v) is 16.9. The predicted octanol–water partition coefficient (Wildman–Crippen LogP) is 22.2. The second-order valence-corrected chi connectivity index (χ2v) is 22.9. The summed E-state index contributed by atoms with van der Waals surface area (Å²) in [6.07, 6.45) is -4.61. The summed E-state index contributed by atoms with van der Waals surface area (Å²) in [4.78, 5) is 4.34. The highest BCUT2D eigenvalue weighted by Gasteiger charge is 2.32. The molecule has 0 bridgehead atoms. The van der Waals surface area contributed by atoms with Gasteiger partial charge in [-0.1, -0.05) is 150 Å². The van der Waals surface area contributed by atoms with Crippen LogP contribution in [0, 0.1) is 68.9 Å². The number of hydrogen-bond acceptors (Lipinski definition) is 0. The lowest BCUT2D eigenvalue weighted by molar-refractivity contribution is -0.137. The van der Waals surface area contributed by atoms with Gasteiger partial charge in [-0.05, 0) is 219 Å². The summed E-state index contributed by atoms with van der Waals surface area (Å²) in [6, 6.07) is 68.9. The van der Waals surface area contributed by atoms with Crippen LogP contribution >= 0.6 is 0 Å². The highest BCUT2D eigenvalue weighted by atomic mass is 19.4. The largest absolute Gasteiger partial charge is 0.416 e. The van der Waals surface area contributed by atoms with Gasteiger partial charge in [0.2, 0.25) is 0 Å². The zero-order valence-corrected chi connectivity index (χ0v) is 48.0. The van der Waals surface area contributed by atoms with E-state index < -0.39 is 11.7 Å². The van der Waals surface area contributed by atoms with Gasteiger partial charge in [0.25, 0.3) is 0 Å². The van der Waals surface area contributed by atoms with Gasteiger partial charge in [-0.2, -0.15) is 13.2 Å². The highest BCUT2D eigenvalue weighted by molar-refractivity contribution is 6.15. The molecule has 0 saturated heterocycles. The van der Waals surface area contributed by atoms with Crippen LogP contribution in [-0.2, 0) is 6.18 Å². The molecule has 11 aromatic carbocycles. The first-order valence-electron chi connectivity index (χ1n) is 28.2. The Balaban J connectivity index is 1.16. The van der Waals surface area contributed by atoms with Gasteiger partial charge in [0.1, 0.15) is 0 Å². The molecule has 0 spiro atoms. The van der Waals surface area contributed by atoms with E-state index in [2.05, 4.69) is 227 Å². The van der Waals surface area contributed by atoms with Crippen molar-refractivity contribution in [2.24, 2.45) is 0 Å². The quantitative estimate of drug-likeness (QED) is 0.135. The van der Waals surface area contributed by atoms with Gasteiger partial charge in [0.05, 0.1) is 39.9 Å². The molecule has 0 aliphatic carbocycles. The van der Waals surface area contributed by atoms with Crippen LogP contribution in [0.5, 0.6) is 0 Å². The number of fused-ring (bicyclic) bond motifs is 6. The van der Waals surface area contributed by atoms with E-state index >= 15 is 13.2 Å². The standard InChI is InChI=1S/C77H60F3N3/c1-44-17-25-59(49(6)33-44)53-21-29-69-64(40-53)65-41-54(60-26-18-45(2)34-50(60)7)22-30-70(65)82(69)73-15-11-13-63(57-37-48(5)38-58(39-57)77(78,79)80)75(73)76-68(81-10)14-12-16-74(76)83-71-31-23-55(61-27-19-46(3)35-51(61)8)42-66(71)67-43-56(24-32-72(67)83)62-28-20-47(4)36-52(62)9/h11-43H,1-9H3. The van der Waals surface area contributed by atoms with Crippen molar-refractivity contribution < 1.29 is 13.2 Å². The number of nitrogens with zero attached hydrogens (tertiary/aromatic N) is 3. The van der Waals surface area contributed by atoms with E-state index in [4.69, 9.17) is 6.57 Å². The molecule has 2 heterocycles. The minimum absolute atomic E-state index is 0.365. The number of alkyl halides is 3. The number of benzene rings is 11. The molecule has 0 fully saturated rings. The topological polar surface area (TPSA) is 14.2 Å². The van der Waals surface area contributed by atoms with Gasteiger partial charge in [0.15, 0.2) is 5.69 Å². The van der Waals surface area contributed by atoms with Gasteiger partial charge in [-0.25, -0.2) is 4.85 Å². The van der Waals surface area contributed by atoms with Gasteiger partial charge in [0, 0.05) is 38.4 Å². The lowest BCUT2D eigenvalue weighted by Gasteiger charge is -2.23. The number of aryl methyl sites for hydroxylation is 9. The van der Waals surface area contributed by atoms with Gasteiger partial charge in [-0.15, -0.1) is 0 Å². The minimum Gasteiger partial charge on any atom is -0.310 e. The molecule has 0 aliphatic rings. The average Bonchev–Trinajstić information content (AvgIpc) is 2.67. The molecule has 0 amide bonds. The molecule has 404 valence electrons. The highest BCUT2D eigenvalue weighted by Crippen LogP contribution is 2.50. The maximum absolute atomic E-state index is 15.1. The molecular formula is C77H60F3N3. The monoisotopic (exact) mass is 1080 g/mol. The molecule has 0 N–H and O–H groups in total. The molecule has 13 rings (SSSR count). The number of aromatic nitrogens is 2. The molecule has 0 saturated carbocycles. The summed E-state index contributed by atoms with van der Waals surface area (Å²) < 4.78 is 49.9. The fraction of sp³-hybridized carbons (Fsp3) is 0.130. The first kappa shape index (κ1) is 52.7. The summed E-state index contributed by atoms with van der Waals surface area (Å²) in [6.45, 7) is 27.8. The van der Waals surface area contributed by atoms with Crippen LogP contribution in [0.3, 0.4) is 0 Å². The Kier molecular flexibility index (Phi) is 12.7. The maximum atomic E-state index is 15.1. The van der Waals surface area contributed by atoms with Crippen molar-refractivity contribution in [1.29, 1.82) is 0 Å². The number of halogens is 3. The van der Waals surface area contributed by atoms with E-state index in [0.29, 0.717) is 33.5 Å². The van der Waals surface area contributed by atoms with Crippen LogP contribution < -0.4 is 0 Å². The second kappa shape index (κ2) is 20.1. The number of hydrogen-bond donors (Lipinski definition) is 0. The van der Waals surface area contributed by atoms with E-state index in [-0.39, 0.29) is 0 Å². The first-order valence-corrected chi connectivity index (χ1v) is 28.2. The Morgan fingerprint density at radius 2 is 0.687 bits per heavy atom. The van der Waals surface area contributed by atoms with E-state index in [9.17, 15) is 0 Å². The third-order valence-electron chi connectivity index (χ3n) is 16.9. The minimum atomic E-state index is -4.61. The van der Waals surface area contributed by atoms with Crippen molar-refractivity contribution >= 4 is 49.3 Å². The SMILES string of the molecule is [C-]#[N+]c1cccc(-n2c3ccc(-c4ccc(C)cc4C)cc3c3cc(-c4ccc(C)cc4C)ccc32)c1-c1c(-c2cc(C)cc(C(F)(F)F)c2)cccc1-n1c2ccc(-c3ccc(C)cc3C)cc2c2cc(-c3ccc(C)cc3C)ccc21. The Labute approximate surface area is 483 Å². The summed E-state index contributed by atoms with van der Waals surface area (Å²) >= 11 is 0. The van der Waals surface area contributed by atoms with Crippen LogP contribution in [0.25, 0.3) is 127 Å². The summed E-state index contributed by atoms with van der Waals surface area (Å²) in [5.41, 5.74) is 25.8. The van der Waals surface area contributed by atoms with Crippen LogP contribution in [0.4, 0.5) is 18.9 Å². The van der Waals surface area contributed by atoms with Crippen molar-refractivity contribution in [2.45, 2.75) is 68.5 Å². The van der Waals surface area contributed by atoms with Gasteiger partial charge >= 0.3 is 6.18 Å². The zero-order chi connectivity index (χ0) is 57.7. The normalized spacial score (nSPS) is 11.8. The fourth-order valence-corrected chi connectivity index (χ4v) is 13.2. The smallest absolute Gasteiger partial charge is 0.310 e. The molecular weight excluding hydrogens is 1020 g/mol. The van der Waals surface area contributed by atoms with Crippen LogP contribution in [0.1, 0.15) is 55.6 Å². The van der Waals surface area contributed by atoms with Gasteiger partial charge in [-0.3, -0.25) is 0 Å². The van der Waals surface area contributed by atoms with E-state index in [1.807, 2.05) is 30.3 Å². The Morgan fingerprint density at radius 3 is 1.04 bits per heavy atom. The van der Waals surface area contributed by atoms with Crippen molar-refractivity contribution in [3.05, 3.63) is 267 Å². The lowest BCUT2D eigenvalue weighted by atomic mass is 9.89. The molecule has 83 heavy (non-hydrogen) atoms. The summed E-state index contributed by atoms with van der Waals surface area (Å²) in [5, 5.41) is 4.12. The molecule has 0 radical (unpaired) electrons. The van der Waals surface area contributed by atoms with Crippen molar-refractivity contribution in [3.8, 4) is 78.1 Å². The molecule has 3 nitrogen and oxygen atoms in total. The van der Waals surface area contributed by atoms with Crippen molar-refractivity contribution in [3.63, 3.8) is 0 Å². The molecule has 0 aliphatic heterocycles. The van der Waals surface area contributed by atoms with Gasteiger partial charge < -0.3 is 9.13 Å². The van der Waals surface area contributed by atoms with E-state index in [1.54, 1.807) is 6.92 Å². The van der Waals surface area contributed by atoms with Crippen LogP contribution in [-0.4, -0.2) is 9.13 Å². The molecule has 6 heteroatoms. The zero-order valence-electron chi connectivity index (χ0n) is 48.0. The third kappa shape index (κ3) is 9.09. The first-order chi connectivity index (χ1) is 39.9. The predicted molar refractivity (Wildman–Crippen MR) is 342 cm³/mol. The van der Waals surface area contributed by atoms with Crippen molar-refractivity contribution in [2.75, 3.05) is 0 Å². The molecule has 2 aromatic heterocycles. The lowest BCUT2D eigenvalue weighted by Crippen LogP contribution is -2.06. The fourth-order valence-electron chi connectivity index (χ4n) is 13.2. The summed E-state index contributed by atoms with van der Waals surface area (Å²) in [5.74, 6) is 0. The Hall–Kier alpha value is -9.70. The maximum Gasteiger partial charge on any atom is 0.416 e. The van der Waals surface area contributed by atoms with Crippen LogP contribution in [0.2, 0.25) is 0 Å². The molecule has 13 aromatic rings. The Bertz CT molecular complexity index is 4680. The summed E-state index contributed by atoms with van der Waals surface area (Å²) in [7, 11) is 0. The van der Waals surface area contributed by atoms with E-state index in [1.165, 1.54) is 56.6 Å². The molecule has 0 unspecified atom stereocenters. The second-order valence-electron chi connectivity index (χ2n) is 22.9.